The number of anilines is 1. The predicted molar refractivity (Wildman–Crippen MR) is 72.4 cm³/mol. The van der Waals surface area contributed by atoms with Crippen LogP contribution in [0.4, 0.5) is 5.69 Å². The van der Waals surface area contributed by atoms with E-state index in [0.29, 0.717) is 11.5 Å². The van der Waals surface area contributed by atoms with Crippen LogP contribution in [-0.4, -0.2) is 32.9 Å². The highest BCUT2D eigenvalue weighted by Gasteiger charge is 2.14. The molecule has 3 rings (SSSR count). The summed E-state index contributed by atoms with van der Waals surface area (Å²) in [6.45, 7) is 0. The summed E-state index contributed by atoms with van der Waals surface area (Å²) in [5.41, 5.74) is 0.515. The Morgan fingerprint density at radius 1 is 1.43 bits per heavy atom. The number of methoxy groups -OCH3 is 1. The molecule has 0 aromatic carbocycles. The van der Waals surface area contributed by atoms with Crippen molar-refractivity contribution in [3.8, 4) is 11.7 Å². The Morgan fingerprint density at radius 2 is 2.33 bits per heavy atom. The largest absolute Gasteiger partial charge is 0.479 e. The van der Waals surface area contributed by atoms with Crippen molar-refractivity contribution < 1.29 is 14.1 Å². The Labute approximate surface area is 119 Å². The van der Waals surface area contributed by atoms with Gasteiger partial charge < -0.3 is 14.6 Å². The summed E-state index contributed by atoms with van der Waals surface area (Å²) in [7, 11) is 1.44. The summed E-state index contributed by atoms with van der Waals surface area (Å²) in [5.74, 6) is 0.507. The molecular weight excluding hydrogens is 274 g/mol. The van der Waals surface area contributed by atoms with Crippen molar-refractivity contribution in [3.63, 3.8) is 0 Å². The normalized spacial score (nSPS) is 10.3. The summed E-state index contributed by atoms with van der Waals surface area (Å²) in [4.78, 5) is 16.1. The fourth-order valence-electron chi connectivity index (χ4n) is 1.66. The quantitative estimate of drug-likeness (QED) is 0.780. The van der Waals surface area contributed by atoms with Crippen LogP contribution in [0.5, 0.6) is 5.88 Å². The van der Waals surface area contributed by atoms with E-state index in [2.05, 4.69) is 20.6 Å². The molecule has 0 atom stereocenters. The van der Waals surface area contributed by atoms with Gasteiger partial charge in [0.2, 0.25) is 5.76 Å². The van der Waals surface area contributed by atoms with Gasteiger partial charge >= 0.3 is 0 Å². The van der Waals surface area contributed by atoms with Gasteiger partial charge in [-0.1, -0.05) is 6.07 Å². The van der Waals surface area contributed by atoms with Gasteiger partial charge in [-0.05, 0) is 17.3 Å². The maximum atomic E-state index is 11.9. The molecule has 8 heteroatoms. The molecule has 0 radical (unpaired) electrons. The maximum absolute atomic E-state index is 11.9. The third-order valence-corrected chi connectivity index (χ3v) is 2.65. The summed E-state index contributed by atoms with van der Waals surface area (Å²) in [6, 6.07) is 6.87. The van der Waals surface area contributed by atoms with Crippen molar-refractivity contribution in [2.75, 3.05) is 12.4 Å². The van der Waals surface area contributed by atoms with Crippen molar-refractivity contribution >= 4 is 11.6 Å². The van der Waals surface area contributed by atoms with Gasteiger partial charge in [-0.15, -0.1) is 0 Å². The second-order valence-electron chi connectivity index (χ2n) is 4.05. The lowest BCUT2D eigenvalue weighted by molar-refractivity contribution is 0.0987. The van der Waals surface area contributed by atoms with Gasteiger partial charge in [-0.25, -0.2) is 9.67 Å². The number of aromatic nitrogens is 4. The number of nitrogens with one attached hydrogen (secondary N) is 1. The van der Waals surface area contributed by atoms with E-state index in [1.54, 1.807) is 23.1 Å². The zero-order chi connectivity index (χ0) is 14.7. The van der Waals surface area contributed by atoms with E-state index in [0.717, 1.165) is 0 Å². The van der Waals surface area contributed by atoms with E-state index >= 15 is 0 Å². The maximum Gasteiger partial charge on any atom is 0.294 e. The number of pyridine rings is 1. The van der Waals surface area contributed by atoms with Gasteiger partial charge in [-0.2, -0.15) is 5.10 Å². The molecule has 0 aliphatic carbocycles. The van der Waals surface area contributed by atoms with Crippen LogP contribution in [0.15, 0.2) is 47.4 Å². The minimum absolute atomic E-state index is 0.0532. The molecule has 0 bridgehead atoms. The summed E-state index contributed by atoms with van der Waals surface area (Å²) in [6.07, 6.45) is 4.82. The van der Waals surface area contributed by atoms with Gasteiger partial charge in [0.1, 0.15) is 0 Å². The van der Waals surface area contributed by atoms with Crippen molar-refractivity contribution in [2.24, 2.45) is 0 Å². The molecule has 0 unspecified atom stereocenters. The number of amides is 1. The summed E-state index contributed by atoms with van der Waals surface area (Å²) in [5, 5.41) is 10.3. The minimum Gasteiger partial charge on any atom is -0.479 e. The van der Waals surface area contributed by atoms with Crippen LogP contribution < -0.4 is 10.1 Å². The van der Waals surface area contributed by atoms with Crippen LogP contribution in [0.25, 0.3) is 5.82 Å². The molecule has 21 heavy (non-hydrogen) atoms. The van der Waals surface area contributed by atoms with Crippen LogP contribution in [0, 0.1) is 0 Å². The monoisotopic (exact) mass is 285 g/mol. The van der Waals surface area contributed by atoms with Crippen LogP contribution in [0.2, 0.25) is 0 Å². The lowest BCUT2D eigenvalue weighted by Crippen LogP contribution is -2.10. The molecule has 3 heterocycles. The van der Waals surface area contributed by atoms with Crippen LogP contribution >= 0.6 is 0 Å². The van der Waals surface area contributed by atoms with Crippen LogP contribution in [0.3, 0.4) is 0 Å². The molecule has 0 saturated heterocycles. The van der Waals surface area contributed by atoms with Crippen molar-refractivity contribution in [3.05, 3.63) is 48.6 Å². The summed E-state index contributed by atoms with van der Waals surface area (Å²) < 4.78 is 11.3. The molecule has 106 valence electrons. The first-order valence-electron chi connectivity index (χ1n) is 6.04. The number of carbonyl (C=O) groups excluding carboxylic acids is 1. The Bertz CT molecular complexity index is 750. The molecule has 0 saturated carbocycles. The number of rotatable bonds is 4. The third-order valence-electron chi connectivity index (χ3n) is 2.65. The Kier molecular flexibility index (Phi) is 3.34. The molecule has 0 aliphatic rings. The van der Waals surface area contributed by atoms with E-state index in [9.17, 15) is 4.79 Å². The number of carbonyl (C=O) groups is 1. The Morgan fingerprint density at radius 3 is 3.05 bits per heavy atom. The number of hydrogen-bond donors (Lipinski definition) is 1. The molecule has 1 amide bonds. The fourth-order valence-corrected chi connectivity index (χ4v) is 1.66. The molecule has 8 nitrogen and oxygen atoms in total. The molecule has 3 aromatic rings. The predicted octanol–water partition coefficient (Wildman–Crippen LogP) is 1.52. The van der Waals surface area contributed by atoms with Crippen molar-refractivity contribution in [1.29, 1.82) is 0 Å². The first-order valence-corrected chi connectivity index (χ1v) is 6.04. The van der Waals surface area contributed by atoms with Gasteiger partial charge in [0.15, 0.2) is 5.82 Å². The standard InChI is InChI=1S/C13H11N5O3/c1-20-12-6-10(21-17-12)13(19)16-9-7-15-18(8-9)11-4-2-3-5-14-11/h2-8H,1H3,(H,16,19). The molecule has 3 aromatic heterocycles. The van der Waals surface area contributed by atoms with E-state index in [-0.39, 0.29) is 11.6 Å². The minimum atomic E-state index is -0.439. The Balaban J connectivity index is 1.74. The highest BCUT2D eigenvalue weighted by atomic mass is 16.5. The van der Waals surface area contributed by atoms with E-state index < -0.39 is 5.91 Å². The molecule has 0 fully saturated rings. The SMILES string of the molecule is COc1cc(C(=O)Nc2cnn(-c3ccccn3)c2)on1. The van der Waals surface area contributed by atoms with Crippen molar-refractivity contribution in [1.82, 2.24) is 19.9 Å². The van der Waals surface area contributed by atoms with Gasteiger partial charge in [0, 0.05) is 6.20 Å². The first kappa shape index (κ1) is 12.9. The fraction of sp³-hybridized carbons (Fsp3) is 0.0769. The van der Waals surface area contributed by atoms with Gasteiger partial charge in [0.05, 0.1) is 31.3 Å². The second-order valence-corrected chi connectivity index (χ2v) is 4.05. The number of hydrogen-bond acceptors (Lipinski definition) is 6. The number of nitrogens with zero attached hydrogens (tertiary/aromatic N) is 4. The molecule has 0 spiro atoms. The summed E-state index contributed by atoms with van der Waals surface area (Å²) >= 11 is 0. The van der Waals surface area contributed by atoms with Gasteiger partial charge in [0.25, 0.3) is 11.8 Å². The zero-order valence-electron chi connectivity index (χ0n) is 11.1. The average Bonchev–Trinajstić information content (AvgIpc) is 3.17. The molecular formula is C13H11N5O3. The third kappa shape index (κ3) is 2.73. The zero-order valence-corrected chi connectivity index (χ0v) is 11.1. The van der Waals surface area contributed by atoms with Crippen molar-refractivity contribution in [2.45, 2.75) is 0 Å². The Hall–Kier alpha value is -3.16. The lowest BCUT2D eigenvalue weighted by Gasteiger charge is -1.99. The lowest BCUT2D eigenvalue weighted by atomic mass is 10.4. The number of ether oxygens (including phenoxy) is 1. The molecule has 0 aliphatic heterocycles. The highest BCUT2D eigenvalue weighted by Crippen LogP contribution is 2.14. The smallest absolute Gasteiger partial charge is 0.294 e. The van der Waals surface area contributed by atoms with Crippen LogP contribution in [-0.2, 0) is 0 Å². The first-order chi connectivity index (χ1) is 10.3. The topological polar surface area (TPSA) is 95.1 Å². The van der Waals surface area contributed by atoms with Crippen LogP contribution in [0.1, 0.15) is 10.6 Å². The van der Waals surface area contributed by atoms with Gasteiger partial charge in [-0.3, -0.25) is 4.79 Å². The average molecular weight is 285 g/mol. The second kappa shape index (κ2) is 5.45. The van der Waals surface area contributed by atoms with E-state index in [4.69, 9.17) is 9.26 Å². The van der Waals surface area contributed by atoms with E-state index in [1.807, 2.05) is 12.1 Å². The molecule has 1 N–H and O–H groups in total. The highest BCUT2D eigenvalue weighted by molar-refractivity contribution is 6.02. The van der Waals surface area contributed by atoms with E-state index in [1.165, 1.54) is 19.4 Å².